The number of para-hydroxylation sites is 1. The maximum Gasteiger partial charge on any atom is 0.256 e. The first kappa shape index (κ1) is 13.7. The van der Waals surface area contributed by atoms with Gasteiger partial charge in [-0.05, 0) is 24.3 Å². The van der Waals surface area contributed by atoms with Gasteiger partial charge in [-0.2, -0.15) is 0 Å². The number of amides is 1. The topological polar surface area (TPSA) is 68.0 Å². The molecule has 6 heteroatoms. The van der Waals surface area contributed by atoms with Crippen molar-refractivity contribution in [2.75, 3.05) is 5.32 Å². The lowest BCUT2D eigenvalue weighted by atomic mass is 10.2. The van der Waals surface area contributed by atoms with Crippen LogP contribution in [-0.2, 0) is 0 Å². The molecule has 0 saturated heterocycles. The second-order valence-corrected chi connectivity index (χ2v) is 5.91. The Bertz CT molecular complexity index is 943. The Balaban J connectivity index is 1.67. The molecule has 0 saturated carbocycles. The molecular formula is C17H11N3O2S. The van der Waals surface area contributed by atoms with Gasteiger partial charge in [0.1, 0.15) is 11.3 Å². The maximum atomic E-state index is 12.3. The molecule has 2 heterocycles. The van der Waals surface area contributed by atoms with E-state index in [1.54, 1.807) is 12.1 Å². The number of carbonyl (C=O) groups is 1. The second-order valence-electron chi connectivity index (χ2n) is 4.88. The number of nitrogens with zero attached hydrogens (tertiary/aromatic N) is 2. The van der Waals surface area contributed by atoms with Gasteiger partial charge in [-0.25, -0.2) is 4.98 Å². The maximum absolute atomic E-state index is 12.3. The van der Waals surface area contributed by atoms with Gasteiger partial charge in [-0.15, -0.1) is 11.3 Å². The predicted octanol–water partition coefficient (Wildman–Crippen LogP) is 4.20. The van der Waals surface area contributed by atoms with E-state index >= 15 is 0 Å². The molecule has 0 spiro atoms. The van der Waals surface area contributed by atoms with E-state index in [0.717, 1.165) is 15.2 Å². The van der Waals surface area contributed by atoms with Gasteiger partial charge in [-0.3, -0.25) is 4.79 Å². The molecule has 0 fully saturated rings. The highest BCUT2D eigenvalue weighted by molar-refractivity contribution is 7.21. The molecular weight excluding hydrogens is 310 g/mol. The van der Waals surface area contributed by atoms with E-state index in [1.807, 2.05) is 42.5 Å². The minimum absolute atomic E-state index is 0.234. The fraction of sp³-hybridized carbons (Fsp3) is 0. The Labute approximate surface area is 135 Å². The summed E-state index contributed by atoms with van der Waals surface area (Å²) in [6, 6.07) is 16.8. The van der Waals surface area contributed by atoms with Crippen molar-refractivity contribution < 1.29 is 9.32 Å². The quantitative estimate of drug-likeness (QED) is 0.614. The summed E-state index contributed by atoms with van der Waals surface area (Å²) in [5.74, 6) is 0.139. The van der Waals surface area contributed by atoms with E-state index in [2.05, 4.69) is 15.5 Å². The van der Waals surface area contributed by atoms with Crippen LogP contribution < -0.4 is 5.32 Å². The molecule has 0 aliphatic rings. The predicted molar refractivity (Wildman–Crippen MR) is 89.5 cm³/mol. The van der Waals surface area contributed by atoms with Crippen LogP contribution in [0.1, 0.15) is 10.4 Å². The summed E-state index contributed by atoms with van der Waals surface area (Å²) >= 11 is 1.53. The van der Waals surface area contributed by atoms with Gasteiger partial charge in [0.15, 0.2) is 5.82 Å². The lowest BCUT2D eigenvalue weighted by Crippen LogP contribution is -2.12. The molecule has 1 N–H and O–H groups in total. The average Bonchev–Trinajstić information content (AvgIpc) is 3.21. The summed E-state index contributed by atoms with van der Waals surface area (Å²) < 4.78 is 6.11. The van der Waals surface area contributed by atoms with E-state index in [-0.39, 0.29) is 5.91 Å². The van der Waals surface area contributed by atoms with Crippen molar-refractivity contribution in [3.05, 3.63) is 66.4 Å². The summed E-state index contributed by atoms with van der Waals surface area (Å²) in [5, 5.41) is 7.42. The first-order chi connectivity index (χ1) is 11.3. The lowest BCUT2D eigenvalue weighted by molar-refractivity contribution is 0.102. The first-order valence-electron chi connectivity index (χ1n) is 6.98. The number of fused-ring (bicyclic) bond motifs is 1. The summed E-state index contributed by atoms with van der Waals surface area (Å²) in [7, 11) is 0. The van der Waals surface area contributed by atoms with Crippen molar-refractivity contribution in [2.24, 2.45) is 0 Å². The molecule has 4 aromatic rings. The molecule has 2 aromatic carbocycles. The van der Waals surface area contributed by atoms with Gasteiger partial charge in [-0.1, -0.05) is 35.5 Å². The molecule has 0 unspecified atom stereocenters. The van der Waals surface area contributed by atoms with Gasteiger partial charge < -0.3 is 9.84 Å². The Kier molecular flexibility index (Phi) is 3.36. The molecule has 5 nitrogen and oxygen atoms in total. The van der Waals surface area contributed by atoms with Crippen molar-refractivity contribution in [1.29, 1.82) is 0 Å². The molecule has 112 valence electrons. The van der Waals surface area contributed by atoms with Crippen molar-refractivity contribution in [1.82, 2.24) is 10.1 Å². The van der Waals surface area contributed by atoms with Gasteiger partial charge >= 0.3 is 0 Å². The number of carbonyl (C=O) groups excluding carboxylic acids is 1. The summed E-state index contributed by atoms with van der Waals surface area (Å²) in [4.78, 5) is 16.8. The van der Waals surface area contributed by atoms with Crippen LogP contribution in [0.3, 0.4) is 0 Å². The third-order valence-corrected chi connectivity index (χ3v) is 4.43. The number of nitrogens with one attached hydrogen (secondary N) is 1. The average molecular weight is 321 g/mol. The zero-order chi connectivity index (χ0) is 15.6. The number of rotatable bonds is 3. The van der Waals surface area contributed by atoms with Crippen molar-refractivity contribution >= 4 is 33.3 Å². The molecule has 0 aliphatic carbocycles. The van der Waals surface area contributed by atoms with Gasteiger partial charge in [0.05, 0.1) is 15.8 Å². The largest absolute Gasteiger partial charge is 0.362 e. The lowest BCUT2D eigenvalue weighted by Gasteiger charge is -2.02. The van der Waals surface area contributed by atoms with E-state index in [0.29, 0.717) is 16.9 Å². The zero-order valence-corrected chi connectivity index (χ0v) is 12.7. The molecule has 4 rings (SSSR count). The highest BCUT2D eigenvalue weighted by Gasteiger charge is 2.17. The van der Waals surface area contributed by atoms with Crippen LogP contribution in [0.4, 0.5) is 5.82 Å². The fourth-order valence-electron chi connectivity index (χ4n) is 2.24. The third kappa shape index (κ3) is 2.60. The van der Waals surface area contributed by atoms with Crippen LogP contribution in [0.5, 0.6) is 0 Å². The van der Waals surface area contributed by atoms with Crippen LogP contribution in [0.15, 0.2) is 65.4 Å². The van der Waals surface area contributed by atoms with Gasteiger partial charge in [0, 0.05) is 5.56 Å². The number of hydrogen-bond donors (Lipinski definition) is 1. The Morgan fingerprint density at radius 2 is 1.83 bits per heavy atom. The summed E-state index contributed by atoms with van der Waals surface area (Å²) in [6.07, 6.45) is 1.50. The van der Waals surface area contributed by atoms with E-state index in [9.17, 15) is 4.79 Å². The van der Waals surface area contributed by atoms with Crippen LogP contribution in [-0.4, -0.2) is 16.0 Å². The Morgan fingerprint density at radius 3 is 2.65 bits per heavy atom. The highest BCUT2D eigenvalue weighted by Crippen LogP contribution is 2.34. The van der Waals surface area contributed by atoms with Crippen LogP contribution in [0, 0.1) is 0 Å². The zero-order valence-electron chi connectivity index (χ0n) is 11.9. The number of anilines is 1. The van der Waals surface area contributed by atoms with E-state index < -0.39 is 0 Å². The molecule has 0 bridgehead atoms. The normalized spacial score (nSPS) is 10.8. The fourth-order valence-corrected chi connectivity index (χ4v) is 3.21. The minimum atomic E-state index is -0.234. The van der Waals surface area contributed by atoms with Crippen molar-refractivity contribution in [3.8, 4) is 10.6 Å². The van der Waals surface area contributed by atoms with Crippen molar-refractivity contribution in [3.63, 3.8) is 0 Å². The van der Waals surface area contributed by atoms with E-state index in [4.69, 9.17) is 4.52 Å². The summed E-state index contributed by atoms with van der Waals surface area (Å²) in [6.45, 7) is 0. The minimum Gasteiger partial charge on any atom is -0.362 e. The third-order valence-electron chi connectivity index (χ3n) is 3.36. The number of hydrogen-bond acceptors (Lipinski definition) is 5. The molecule has 0 atom stereocenters. The summed E-state index contributed by atoms with van der Waals surface area (Å²) in [5.41, 5.74) is 2.15. The van der Waals surface area contributed by atoms with Crippen LogP contribution >= 0.6 is 11.3 Å². The monoisotopic (exact) mass is 321 g/mol. The molecule has 0 radical (unpaired) electrons. The molecule has 0 aliphatic heterocycles. The smallest absolute Gasteiger partial charge is 0.256 e. The van der Waals surface area contributed by atoms with E-state index in [1.165, 1.54) is 17.6 Å². The van der Waals surface area contributed by atoms with Crippen LogP contribution in [0.2, 0.25) is 0 Å². The van der Waals surface area contributed by atoms with Gasteiger partial charge in [0.25, 0.3) is 5.91 Å². The molecule has 2 aromatic heterocycles. The van der Waals surface area contributed by atoms with Gasteiger partial charge in [0.2, 0.25) is 0 Å². The molecule has 1 amide bonds. The number of thiazole rings is 1. The standard InChI is InChI=1S/C17H11N3O2S/c21-16(11-6-2-1-3-7-11)19-15-12(10-22-20-15)17-18-13-8-4-5-9-14(13)23-17/h1-10H,(H,19,20,21). The second kappa shape index (κ2) is 5.66. The number of aromatic nitrogens is 2. The van der Waals surface area contributed by atoms with Crippen LogP contribution in [0.25, 0.3) is 20.8 Å². The Morgan fingerprint density at radius 1 is 1.04 bits per heavy atom. The Hall–Kier alpha value is -2.99. The SMILES string of the molecule is O=C(Nc1nocc1-c1nc2ccccc2s1)c1ccccc1. The number of benzene rings is 2. The molecule has 23 heavy (non-hydrogen) atoms. The first-order valence-corrected chi connectivity index (χ1v) is 7.79. The highest BCUT2D eigenvalue weighted by atomic mass is 32.1. The van der Waals surface area contributed by atoms with Crippen molar-refractivity contribution in [2.45, 2.75) is 0 Å².